The number of pyridine rings is 1. The lowest BCUT2D eigenvalue weighted by molar-refractivity contribution is 0.0201. The molecule has 2 saturated heterocycles. The van der Waals surface area contributed by atoms with Crippen LogP contribution in [-0.2, 0) is 12.8 Å². The molecule has 0 unspecified atom stereocenters. The summed E-state index contributed by atoms with van der Waals surface area (Å²) in [6.07, 6.45) is 10.2. The minimum Gasteiger partial charge on any atom is -0.370 e. The molecule has 0 amide bonds. The van der Waals surface area contributed by atoms with Crippen molar-refractivity contribution in [3.05, 3.63) is 66.0 Å². The Morgan fingerprint density at radius 2 is 2.00 bits per heavy atom. The third-order valence-electron chi connectivity index (χ3n) is 6.16. The summed E-state index contributed by atoms with van der Waals surface area (Å²) in [6, 6.07) is 10.8. The van der Waals surface area contributed by atoms with Gasteiger partial charge < -0.3 is 10.2 Å². The first-order valence-corrected chi connectivity index (χ1v) is 10.3. The van der Waals surface area contributed by atoms with Gasteiger partial charge in [0.2, 0.25) is 0 Å². The van der Waals surface area contributed by atoms with Crippen LogP contribution in [0.3, 0.4) is 0 Å². The average molecular weight is 375 g/mol. The SMILES string of the molecule is C=C(c1cc(CCc2cccnc2)ccc1/N=C\C)N1CC2(CCNCC2)C1. The Balaban J connectivity index is 1.48. The third kappa shape index (κ3) is 4.02. The highest BCUT2D eigenvalue weighted by atomic mass is 15.2. The molecule has 0 saturated carbocycles. The van der Waals surface area contributed by atoms with Crippen molar-refractivity contribution >= 4 is 17.6 Å². The van der Waals surface area contributed by atoms with Crippen LogP contribution in [0.15, 0.2) is 54.3 Å². The lowest BCUT2D eigenvalue weighted by Gasteiger charge is -2.54. The first-order valence-electron chi connectivity index (χ1n) is 10.3. The molecule has 1 aromatic carbocycles. The maximum absolute atomic E-state index is 4.60. The number of aromatic nitrogens is 1. The highest BCUT2D eigenvalue weighted by Gasteiger charge is 2.44. The standard InChI is InChI=1S/C24H30N4/c1-3-27-23-9-8-20(6-7-21-5-4-12-26-16-21)15-22(23)19(2)28-17-24(18-28)10-13-25-14-11-24/h3-5,8-9,12,15-16,25H,2,6-7,10-11,13-14,17-18H2,1H3/b27-3-. The second-order valence-corrected chi connectivity index (χ2v) is 8.15. The molecule has 2 fully saturated rings. The van der Waals surface area contributed by atoms with Crippen molar-refractivity contribution in [2.45, 2.75) is 32.6 Å². The lowest BCUT2D eigenvalue weighted by atomic mass is 9.72. The number of hydrogen-bond acceptors (Lipinski definition) is 4. The highest BCUT2D eigenvalue weighted by molar-refractivity contribution is 5.76. The summed E-state index contributed by atoms with van der Waals surface area (Å²) in [4.78, 5) is 11.3. The topological polar surface area (TPSA) is 40.5 Å². The molecule has 4 nitrogen and oxygen atoms in total. The predicted octanol–water partition coefficient (Wildman–Crippen LogP) is 4.25. The van der Waals surface area contributed by atoms with E-state index >= 15 is 0 Å². The normalized spacial score (nSPS) is 18.4. The van der Waals surface area contributed by atoms with Gasteiger partial charge in [0.15, 0.2) is 0 Å². The van der Waals surface area contributed by atoms with Gasteiger partial charge in [-0.1, -0.05) is 18.7 Å². The van der Waals surface area contributed by atoms with Gasteiger partial charge in [0.1, 0.15) is 0 Å². The second-order valence-electron chi connectivity index (χ2n) is 8.15. The molecule has 146 valence electrons. The molecule has 2 aliphatic heterocycles. The van der Waals surface area contributed by atoms with Crippen LogP contribution < -0.4 is 5.32 Å². The Bertz CT molecular complexity index is 842. The zero-order valence-electron chi connectivity index (χ0n) is 16.8. The van der Waals surface area contributed by atoms with E-state index in [2.05, 4.69) is 51.0 Å². The summed E-state index contributed by atoms with van der Waals surface area (Å²) in [7, 11) is 0. The van der Waals surface area contributed by atoms with Crippen LogP contribution in [0.4, 0.5) is 5.69 Å². The molecule has 4 heteroatoms. The monoisotopic (exact) mass is 374 g/mol. The van der Waals surface area contributed by atoms with E-state index in [9.17, 15) is 0 Å². The molecule has 0 aliphatic carbocycles. The first-order chi connectivity index (χ1) is 13.7. The maximum Gasteiger partial charge on any atom is 0.0718 e. The summed E-state index contributed by atoms with van der Waals surface area (Å²) in [5, 5.41) is 3.48. The van der Waals surface area contributed by atoms with Gasteiger partial charge in [0.25, 0.3) is 0 Å². The Hall–Kier alpha value is -2.46. The second kappa shape index (κ2) is 8.27. The van der Waals surface area contributed by atoms with Crippen molar-refractivity contribution < 1.29 is 0 Å². The molecular formula is C24H30N4. The van der Waals surface area contributed by atoms with Crippen molar-refractivity contribution in [3.63, 3.8) is 0 Å². The fourth-order valence-electron chi connectivity index (χ4n) is 4.45. The summed E-state index contributed by atoms with van der Waals surface area (Å²) < 4.78 is 0. The van der Waals surface area contributed by atoms with E-state index in [0.717, 1.165) is 50.4 Å². The van der Waals surface area contributed by atoms with Crippen molar-refractivity contribution in [1.82, 2.24) is 15.2 Å². The average Bonchev–Trinajstić information content (AvgIpc) is 2.72. The van der Waals surface area contributed by atoms with Gasteiger partial charge in [-0.05, 0) is 75.0 Å². The minimum atomic E-state index is 0.500. The number of nitrogens with one attached hydrogen (secondary N) is 1. The predicted molar refractivity (Wildman–Crippen MR) is 117 cm³/mol. The van der Waals surface area contributed by atoms with Gasteiger partial charge in [0, 0.05) is 48.4 Å². The molecule has 0 bridgehead atoms. The molecule has 1 spiro atoms. The minimum absolute atomic E-state index is 0.500. The number of aliphatic imine (C=N–C) groups is 1. The van der Waals surface area contributed by atoms with Crippen molar-refractivity contribution in [2.75, 3.05) is 26.2 Å². The molecule has 2 aliphatic rings. The summed E-state index contributed by atoms with van der Waals surface area (Å²) in [5.74, 6) is 0. The number of hydrogen-bond donors (Lipinski definition) is 1. The quantitative estimate of drug-likeness (QED) is 0.769. The van der Waals surface area contributed by atoms with Gasteiger partial charge in [0.05, 0.1) is 5.69 Å². The zero-order chi connectivity index (χ0) is 19.4. The summed E-state index contributed by atoms with van der Waals surface area (Å²) in [6.45, 7) is 11.0. The van der Waals surface area contributed by atoms with E-state index < -0.39 is 0 Å². The molecule has 0 radical (unpaired) electrons. The van der Waals surface area contributed by atoms with Crippen molar-refractivity contribution in [2.24, 2.45) is 10.4 Å². The molecule has 4 rings (SSSR count). The number of benzene rings is 1. The smallest absolute Gasteiger partial charge is 0.0718 e. The van der Waals surface area contributed by atoms with Gasteiger partial charge >= 0.3 is 0 Å². The van der Waals surface area contributed by atoms with Gasteiger partial charge in [-0.2, -0.15) is 0 Å². The van der Waals surface area contributed by atoms with Crippen LogP contribution in [0, 0.1) is 5.41 Å². The van der Waals surface area contributed by atoms with Crippen LogP contribution >= 0.6 is 0 Å². The third-order valence-corrected chi connectivity index (χ3v) is 6.16. The van der Waals surface area contributed by atoms with Crippen molar-refractivity contribution in [1.29, 1.82) is 0 Å². The van der Waals surface area contributed by atoms with Crippen LogP contribution in [0.2, 0.25) is 0 Å². The van der Waals surface area contributed by atoms with E-state index in [0.29, 0.717) is 5.41 Å². The van der Waals surface area contributed by atoms with Crippen LogP contribution in [0.5, 0.6) is 0 Å². The van der Waals surface area contributed by atoms with E-state index in [-0.39, 0.29) is 0 Å². The number of piperidine rings is 1. The molecule has 28 heavy (non-hydrogen) atoms. The van der Waals surface area contributed by atoms with Crippen LogP contribution in [0.25, 0.3) is 5.70 Å². The Labute approximate surface area is 168 Å². The molecule has 3 heterocycles. The Morgan fingerprint density at radius 3 is 2.71 bits per heavy atom. The summed E-state index contributed by atoms with van der Waals surface area (Å²) in [5.41, 5.74) is 6.41. The zero-order valence-corrected chi connectivity index (χ0v) is 16.8. The number of aryl methyl sites for hydroxylation is 2. The first kappa shape index (κ1) is 18.9. The van der Waals surface area contributed by atoms with Gasteiger partial charge in [-0.25, -0.2) is 0 Å². The van der Waals surface area contributed by atoms with Gasteiger partial charge in [-0.15, -0.1) is 0 Å². The molecule has 1 N–H and O–H groups in total. The highest BCUT2D eigenvalue weighted by Crippen LogP contribution is 2.43. The van der Waals surface area contributed by atoms with E-state index in [4.69, 9.17) is 0 Å². The molecular weight excluding hydrogens is 344 g/mol. The van der Waals surface area contributed by atoms with E-state index in [1.165, 1.54) is 29.5 Å². The molecule has 0 atom stereocenters. The van der Waals surface area contributed by atoms with Gasteiger partial charge in [-0.3, -0.25) is 9.98 Å². The fraction of sp³-hybridized carbons (Fsp3) is 0.417. The fourth-order valence-corrected chi connectivity index (χ4v) is 4.45. The van der Waals surface area contributed by atoms with E-state index in [1.54, 1.807) is 0 Å². The van der Waals surface area contributed by atoms with Crippen LogP contribution in [-0.4, -0.2) is 42.3 Å². The van der Waals surface area contributed by atoms with Crippen LogP contribution in [0.1, 0.15) is 36.5 Å². The lowest BCUT2D eigenvalue weighted by Crippen LogP contribution is -2.58. The number of likely N-dealkylation sites (tertiary alicyclic amines) is 1. The number of nitrogens with zero attached hydrogens (tertiary/aromatic N) is 3. The van der Waals surface area contributed by atoms with E-state index in [1.807, 2.05) is 31.6 Å². The largest absolute Gasteiger partial charge is 0.370 e. The number of rotatable bonds is 6. The summed E-state index contributed by atoms with van der Waals surface area (Å²) >= 11 is 0. The van der Waals surface area contributed by atoms with Crippen molar-refractivity contribution in [3.8, 4) is 0 Å². The molecule has 1 aromatic heterocycles. The maximum atomic E-state index is 4.60. The Morgan fingerprint density at radius 1 is 1.21 bits per heavy atom. The Kier molecular flexibility index (Phi) is 5.58. The molecule has 2 aromatic rings.